The van der Waals surface area contributed by atoms with E-state index >= 15 is 0 Å². The number of hydrogen-bond donors (Lipinski definition) is 0. The Kier molecular flexibility index (Phi) is 7.88. The van der Waals surface area contributed by atoms with Gasteiger partial charge >= 0.3 is 0 Å². The van der Waals surface area contributed by atoms with E-state index in [-0.39, 0.29) is 5.92 Å². The van der Waals surface area contributed by atoms with Crippen molar-refractivity contribution in [1.82, 2.24) is 24.1 Å². The molecule has 0 bridgehead atoms. The first-order chi connectivity index (χ1) is 31.3. The quantitative estimate of drug-likeness (QED) is 0.168. The average molecular weight is 806 g/mol. The summed E-state index contributed by atoms with van der Waals surface area (Å²) in [6.07, 6.45) is 7.58. The number of rotatable bonds is 6. The smallest absolute Gasteiger partial charge is 0.239 e. The summed E-state index contributed by atoms with van der Waals surface area (Å²) < 4.78 is 4.50. The minimum atomic E-state index is -0.558. The molecule has 296 valence electrons. The summed E-state index contributed by atoms with van der Waals surface area (Å²) in [6.45, 7) is 0. The summed E-state index contributed by atoms with van der Waals surface area (Å²) in [7, 11) is 0. The van der Waals surface area contributed by atoms with E-state index in [9.17, 15) is 0 Å². The third-order valence-corrected chi connectivity index (χ3v) is 13.4. The highest BCUT2D eigenvalue weighted by atomic mass is 15.3. The summed E-state index contributed by atoms with van der Waals surface area (Å²) >= 11 is 0. The van der Waals surface area contributed by atoms with E-state index in [1.807, 2.05) is 0 Å². The van der Waals surface area contributed by atoms with Crippen molar-refractivity contribution in [2.45, 2.75) is 17.8 Å². The lowest BCUT2D eigenvalue weighted by Gasteiger charge is -2.34. The van der Waals surface area contributed by atoms with Gasteiger partial charge in [-0.15, -0.1) is 0 Å². The molecule has 0 spiro atoms. The summed E-state index contributed by atoms with van der Waals surface area (Å²) in [6, 6.07) is 72.2. The van der Waals surface area contributed by atoms with Crippen LogP contribution in [0, 0.1) is 0 Å². The van der Waals surface area contributed by atoms with Crippen LogP contribution < -0.4 is 0 Å². The molecule has 13 rings (SSSR count). The first-order valence-corrected chi connectivity index (χ1v) is 21.7. The van der Waals surface area contributed by atoms with E-state index in [1.165, 1.54) is 44.5 Å². The second-order valence-corrected chi connectivity index (χ2v) is 16.7. The zero-order valence-corrected chi connectivity index (χ0v) is 34.3. The van der Waals surface area contributed by atoms with Crippen LogP contribution in [0.2, 0.25) is 0 Å². The first kappa shape index (κ1) is 35.6. The normalized spacial score (nSPS) is 15.2. The third kappa shape index (κ3) is 5.26. The number of nitrogens with zero attached hydrogens (tertiary/aromatic N) is 5. The van der Waals surface area contributed by atoms with Crippen molar-refractivity contribution in [2.24, 2.45) is 0 Å². The Hall–Kier alpha value is -8.15. The lowest BCUT2D eigenvalue weighted by atomic mass is 9.67. The maximum Gasteiger partial charge on any atom is 0.239 e. The van der Waals surface area contributed by atoms with Crippen molar-refractivity contribution >= 4 is 49.2 Å². The number of hydrogen-bond acceptors (Lipinski definition) is 3. The molecule has 0 saturated carbocycles. The highest BCUT2D eigenvalue weighted by Gasteiger charge is 2.46. The first-order valence-electron chi connectivity index (χ1n) is 21.7. The fourth-order valence-corrected chi connectivity index (χ4v) is 10.6. The topological polar surface area (TPSA) is 48.5 Å². The van der Waals surface area contributed by atoms with E-state index in [1.54, 1.807) is 0 Å². The van der Waals surface area contributed by atoms with E-state index in [0.717, 1.165) is 55.9 Å². The van der Waals surface area contributed by atoms with Gasteiger partial charge in [0.25, 0.3) is 0 Å². The Balaban J connectivity index is 1.10. The van der Waals surface area contributed by atoms with Crippen LogP contribution in [0.5, 0.6) is 0 Å². The summed E-state index contributed by atoms with van der Waals surface area (Å²) in [4.78, 5) is 16.4. The molecule has 8 aromatic carbocycles. The summed E-state index contributed by atoms with van der Waals surface area (Å²) in [5, 5.41) is 4.63. The second-order valence-electron chi connectivity index (χ2n) is 16.7. The summed E-state index contributed by atoms with van der Waals surface area (Å²) in [5.74, 6) is 1.87. The van der Waals surface area contributed by atoms with Gasteiger partial charge in [-0.25, -0.2) is 0 Å². The van der Waals surface area contributed by atoms with E-state index in [0.29, 0.717) is 11.9 Å². The van der Waals surface area contributed by atoms with Crippen LogP contribution in [0.15, 0.2) is 218 Å². The molecule has 63 heavy (non-hydrogen) atoms. The number of allylic oxidation sites excluding steroid dienone is 4. The summed E-state index contributed by atoms with van der Waals surface area (Å²) in [5.41, 5.74) is 13.5. The fraction of sp³-hybridized carbons (Fsp3) is 0.0517. The van der Waals surface area contributed by atoms with Crippen LogP contribution in [-0.2, 0) is 5.41 Å². The van der Waals surface area contributed by atoms with Gasteiger partial charge in [-0.2, -0.15) is 15.0 Å². The van der Waals surface area contributed by atoms with Gasteiger partial charge in [0.05, 0.1) is 27.5 Å². The van der Waals surface area contributed by atoms with Crippen molar-refractivity contribution in [1.29, 1.82) is 0 Å². The Bertz CT molecular complexity index is 3560. The minimum Gasteiger partial charge on any atom is -0.278 e. The molecule has 11 aromatic rings. The number of aromatic nitrogens is 5. The molecule has 1 unspecified atom stereocenters. The molecule has 0 amide bonds. The molecule has 0 saturated heterocycles. The van der Waals surface area contributed by atoms with Crippen LogP contribution in [0.25, 0.3) is 72.2 Å². The minimum absolute atomic E-state index is 0.0540. The van der Waals surface area contributed by atoms with Crippen LogP contribution in [0.1, 0.15) is 46.0 Å². The molecule has 3 heterocycles. The number of benzene rings is 8. The lowest BCUT2D eigenvalue weighted by Crippen LogP contribution is -2.28. The van der Waals surface area contributed by atoms with E-state index in [2.05, 4.69) is 228 Å². The van der Waals surface area contributed by atoms with Crippen LogP contribution >= 0.6 is 0 Å². The Labute approximate surface area is 364 Å². The van der Waals surface area contributed by atoms with Crippen molar-refractivity contribution in [3.05, 3.63) is 252 Å². The monoisotopic (exact) mass is 805 g/mol. The molecule has 5 nitrogen and oxygen atoms in total. The molecular formula is C58H39N5. The van der Waals surface area contributed by atoms with Crippen LogP contribution in [0.3, 0.4) is 0 Å². The molecule has 0 fully saturated rings. The van der Waals surface area contributed by atoms with Gasteiger partial charge in [-0.1, -0.05) is 188 Å². The molecule has 1 atom stereocenters. The van der Waals surface area contributed by atoms with Gasteiger partial charge in [-0.05, 0) is 81.3 Å². The molecule has 0 N–H and O–H groups in total. The zero-order valence-electron chi connectivity index (χ0n) is 34.3. The molecule has 0 aliphatic heterocycles. The Morgan fingerprint density at radius 2 is 0.937 bits per heavy atom. The predicted molar refractivity (Wildman–Crippen MR) is 257 cm³/mol. The third-order valence-electron chi connectivity index (χ3n) is 13.4. The molecule has 2 aliphatic rings. The van der Waals surface area contributed by atoms with Crippen LogP contribution in [-0.4, -0.2) is 24.1 Å². The number of para-hydroxylation sites is 3. The SMILES string of the molecule is C1=CC(c2nc(-n3c4ccccc4c4ccccc43)nc(-n3c4ccccc4c4cc5c(cc43)C(c3ccccc3)(c3ccccc3)c3ccccc3-5)n2)CC=C1c1ccccc1. The average Bonchev–Trinajstić information content (AvgIpc) is 3.98. The predicted octanol–water partition coefficient (Wildman–Crippen LogP) is 13.6. The Morgan fingerprint density at radius 1 is 0.429 bits per heavy atom. The second kappa shape index (κ2) is 13.9. The standard InChI is InChI=1S/C58H39N5/c1-4-18-38(19-5-1)39-32-34-40(35-33-39)55-59-56(62-51-29-15-11-25-44(51)45-26-12-16-30-52(45)62)61-57(60-55)63-53-31-17-13-27-46(53)48-36-47-43-24-10-14-28-49(43)58(50(47)37-54(48)63,41-20-6-2-7-21-41)42-22-8-3-9-23-42/h1-34,36-37,40H,35H2. The van der Waals surface area contributed by atoms with Gasteiger partial charge in [0, 0.05) is 27.5 Å². The fourth-order valence-electron chi connectivity index (χ4n) is 10.6. The molecular weight excluding hydrogens is 767 g/mol. The van der Waals surface area contributed by atoms with Crippen molar-refractivity contribution in [3.63, 3.8) is 0 Å². The van der Waals surface area contributed by atoms with E-state index in [4.69, 9.17) is 15.0 Å². The Morgan fingerprint density at radius 3 is 1.52 bits per heavy atom. The van der Waals surface area contributed by atoms with Crippen molar-refractivity contribution in [2.75, 3.05) is 0 Å². The highest BCUT2D eigenvalue weighted by Crippen LogP contribution is 2.57. The lowest BCUT2D eigenvalue weighted by molar-refractivity contribution is 0.735. The molecule has 5 heteroatoms. The van der Waals surface area contributed by atoms with Gasteiger partial charge in [0.15, 0.2) is 0 Å². The van der Waals surface area contributed by atoms with Gasteiger partial charge < -0.3 is 0 Å². The van der Waals surface area contributed by atoms with Crippen molar-refractivity contribution < 1.29 is 0 Å². The van der Waals surface area contributed by atoms with Gasteiger partial charge in [0.1, 0.15) is 5.82 Å². The molecule has 2 aliphatic carbocycles. The largest absolute Gasteiger partial charge is 0.278 e. The van der Waals surface area contributed by atoms with Gasteiger partial charge in [0.2, 0.25) is 11.9 Å². The van der Waals surface area contributed by atoms with E-state index < -0.39 is 5.41 Å². The van der Waals surface area contributed by atoms with Crippen LogP contribution in [0.4, 0.5) is 0 Å². The molecule has 0 radical (unpaired) electrons. The highest BCUT2D eigenvalue weighted by molar-refractivity contribution is 6.12. The molecule has 3 aromatic heterocycles. The zero-order chi connectivity index (χ0) is 41.5. The van der Waals surface area contributed by atoms with Gasteiger partial charge in [-0.3, -0.25) is 9.13 Å². The maximum atomic E-state index is 5.53. The van der Waals surface area contributed by atoms with Crippen molar-refractivity contribution in [3.8, 4) is 23.0 Å². The maximum absolute atomic E-state index is 5.53. The number of fused-ring (bicyclic) bond motifs is 9.